The summed E-state index contributed by atoms with van der Waals surface area (Å²) in [4.78, 5) is 10.5. The molecule has 16 heavy (non-hydrogen) atoms. The lowest BCUT2D eigenvalue weighted by Gasteiger charge is -2.24. The minimum Gasteiger partial charge on any atom is -0.481 e. The molecule has 0 saturated carbocycles. The van der Waals surface area contributed by atoms with Gasteiger partial charge in [-0.05, 0) is 29.9 Å². The van der Waals surface area contributed by atoms with Gasteiger partial charge in [0, 0.05) is 11.4 Å². The summed E-state index contributed by atoms with van der Waals surface area (Å²) < 4.78 is 0. The van der Waals surface area contributed by atoms with Gasteiger partial charge in [-0.2, -0.15) is 0 Å². The van der Waals surface area contributed by atoms with Crippen LogP contribution in [0.25, 0.3) is 0 Å². The average molecular weight is 241 g/mol. The molecule has 0 radical (unpaired) electrons. The predicted molar refractivity (Wildman–Crippen MR) is 65.8 cm³/mol. The molecule has 0 spiro atoms. The molecule has 0 saturated heterocycles. The highest BCUT2D eigenvalue weighted by Crippen LogP contribution is 2.30. The van der Waals surface area contributed by atoms with E-state index in [4.69, 9.17) is 16.7 Å². The predicted octanol–water partition coefficient (Wildman–Crippen LogP) is 3.77. The van der Waals surface area contributed by atoms with Gasteiger partial charge in [-0.25, -0.2) is 0 Å². The Hall–Kier alpha value is -1.02. The topological polar surface area (TPSA) is 37.3 Å². The van der Waals surface area contributed by atoms with E-state index < -0.39 is 5.97 Å². The first-order chi connectivity index (χ1) is 7.41. The van der Waals surface area contributed by atoms with Gasteiger partial charge in [-0.15, -0.1) is 0 Å². The summed E-state index contributed by atoms with van der Waals surface area (Å²) in [6.07, 6.45) is 1.67. The maximum atomic E-state index is 10.5. The number of hydrogen-bond donors (Lipinski definition) is 1. The number of carboxylic acid groups (broad SMARTS) is 1. The number of halogens is 1. The van der Waals surface area contributed by atoms with Crippen LogP contribution < -0.4 is 0 Å². The molecular formula is C13H17ClO2. The van der Waals surface area contributed by atoms with E-state index >= 15 is 0 Å². The van der Waals surface area contributed by atoms with E-state index in [-0.39, 0.29) is 11.8 Å². The Bertz CT molecular complexity index is 372. The summed E-state index contributed by atoms with van der Waals surface area (Å²) in [6, 6.07) is 7.71. The smallest absolute Gasteiger partial charge is 0.303 e. The Labute approximate surface area is 101 Å². The van der Waals surface area contributed by atoms with Gasteiger partial charge in [0.25, 0.3) is 0 Å². The third-order valence-corrected chi connectivity index (χ3v) is 3.01. The molecule has 1 aromatic carbocycles. The van der Waals surface area contributed by atoms with Crippen LogP contribution in [0.1, 0.15) is 32.3 Å². The van der Waals surface area contributed by atoms with E-state index in [1.807, 2.05) is 24.3 Å². The van der Waals surface area contributed by atoms with Gasteiger partial charge in [0.1, 0.15) is 0 Å². The molecular weight excluding hydrogens is 224 g/mol. The van der Waals surface area contributed by atoms with Crippen LogP contribution in [0.15, 0.2) is 24.3 Å². The van der Waals surface area contributed by atoms with Gasteiger partial charge in [0.05, 0.1) is 0 Å². The van der Waals surface area contributed by atoms with E-state index in [2.05, 4.69) is 13.8 Å². The number of hydrogen-bond acceptors (Lipinski definition) is 1. The minimum atomic E-state index is -0.743. The molecule has 1 aromatic rings. The lowest BCUT2D eigenvalue weighted by molar-refractivity contribution is -0.137. The quantitative estimate of drug-likeness (QED) is 0.851. The molecule has 0 aliphatic carbocycles. The van der Waals surface area contributed by atoms with E-state index in [0.717, 1.165) is 17.0 Å². The lowest BCUT2D eigenvalue weighted by atomic mass is 9.81. The second kappa shape index (κ2) is 5.35. The van der Waals surface area contributed by atoms with Crippen molar-refractivity contribution in [3.63, 3.8) is 0 Å². The van der Waals surface area contributed by atoms with Crippen molar-refractivity contribution in [2.75, 3.05) is 0 Å². The molecule has 0 aromatic heterocycles. The average Bonchev–Trinajstić information content (AvgIpc) is 2.19. The van der Waals surface area contributed by atoms with Gasteiger partial charge < -0.3 is 5.11 Å². The lowest BCUT2D eigenvalue weighted by Crippen LogP contribution is -2.17. The third-order valence-electron chi connectivity index (χ3n) is 2.64. The van der Waals surface area contributed by atoms with Crippen LogP contribution in [0.2, 0.25) is 5.02 Å². The fourth-order valence-electron chi connectivity index (χ4n) is 1.69. The van der Waals surface area contributed by atoms with Crippen molar-refractivity contribution in [2.45, 2.75) is 33.1 Å². The van der Waals surface area contributed by atoms with Crippen molar-refractivity contribution in [1.29, 1.82) is 0 Å². The number of carbonyl (C=O) groups is 1. The molecule has 0 bridgehead atoms. The van der Waals surface area contributed by atoms with E-state index in [1.165, 1.54) is 0 Å². The van der Waals surface area contributed by atoms with E-state index in [0.29, 0.717) is 6.42 Å². The molecule has 2 nitrogen and oxygen atoms in total. The van der Waals surface area contributed by atoms with Gasteiger partial charge >= 0.3 is 5.97 Å². The van der Waals surface area contributed by atoms with Crippen molar-refractivity contribution >= 4 is 17.6 Å². The molecule has 0 atom stereocenters. The summed E-state index contributed by atoms with van der Waals surface area (Å²) in [5, 5.41) is 9.43. The maximum Gasteiger partial charge on any atom is 0.303 e. The van der Waals surface area contributed by atoms with Crippen molar-refractivity contribution in [1.82, 2.24) is 0 Å². The van der Waals surface area contributed by atoms with Crippen molar-refractivity contribution in [2.24, 2.45) is 5.41 Å². The number of rotatable bonds is 5. The van der Waals surface area contributed by atoms with Crippen LogP contribution in [0.3, 0.4) is 0 Å². The standard InChI is InChI=1S/C13H17ClO2/c1-13(2,8-7-12(15)16)9-10-5-3-4-6-11(10)14/h3-6H,7-9H2,1-2H3,(H,15,16). The van der Waals surface area contributed by atoms with Crippen LogP contribution in [0, 0.1) is 5.41 Å². The highest BCUT2D eigenvalue weighted by Gasteiger charge is 2.20. The Kier molecular flexibility index (Phi) is 4.36. The number of benzene rings is 1. The first kappa shape index (κ1) is 13.0. The molecule has 0 amide bonds. The fraction of sp³-hybridized carbons (Fsp3) is 0.462. The first-order valence-electron chi connectivity index (χ1n) is 5.36. The molecule has 1 N–H and O–H groups in total. The van der Waals surface area contributed by atoms with Crippen LogP contribution in [0.5, 0.6) is 0 Å². The number of carboxylic acids is 1. The van der Waals surface area contributed by atoms with Crippen molar-refractivity contribution in [3.05, 3.63) is 34.9 Å². The highest BCUT2D eigenvalue weighted by atomic mass is 35.5. The van der Waals surface area contributed by atoms with Crippen LogP contribution in [0.4, 0.5) is 0 Å². The summed E-state index contributed by atoms with van der Waals surface area (Å²) in [5.41, 5.74) is 1.04. The highest BCUT2D eigenvalue weighted by molar-refractivity contribution is 6.31. The summed E-state index contributed by atoms with van der Waals surface area (Å²) in [5.74, 6) is -0.743. The van der Waals surface area contributed by atoms with Crippen LogP contribution >= 0.6 is 11.6 Å². The summed E-state index contributed by atoms with van der Waals surface area (Å²) in [7, 11) is 0. The van der Waals surface area contributed by atoms with Gasteiger partial charge in [0.15, 0.2) is 0 Å². The zero-order valence-electron chi connectivity index (χ0n) is 9.66. The Morgan fingerprint density at radius 3 is 2.56 bits per heavy atom. The Morgan fingerprint density at radius 1 is 1.38 bits per heavy atom. The molecule has 0 fully saturated rings. The second-order valence-corrected chi connectivity index (χ2v) is 5.23. The van der Waals surface area contributed by atoms with Gasteiger partial charge in [-0.1, -0.05) is 43.6 Å². The normalized spacial score (nSPS) is 11.4. The molecule has 0 heterocycles. The van der Waals surface area contributed by atoms with Gasteiger partial charge in [-0.3, -0.25) is 4.79 Å². The molecule has 0 aliphatic rings. The third kappa shape index (κ3) is 4.23. The molecule has 1 rings (SSSR count). The SMILES string of the molecule is CC(C)(CCC(=O)O)Cc1ccccc1Cl. The second-order valence-electron chi connectivity index (χ2n) is 4.83. The minimum absolute atomic E-state index is 0.0383. The summed E-state index contributed by atoms with van der Waals surface area (Å²) >= 11 is 6.08. The van der Waals surface area contributed by atoms with Crippen molar-refractivity contribution in [3.8, 4) is 0 Å². The van der Waals surface area contributed by atoms with Gasteiger partial charge in [0.2, 0.25) is 0 Å². The monoisotopic (exact) mass is 240 g/mol. The summed E-state index contributed by atoms with van der Waals surface area (Å²) in [6.45, 7) is 4.14. The molecule has 3 heteroatoms. The largest absolute Gasteiger partial charge is 0.481 e. The zero-order chi connectivity index (χ0) is 12.2. The van der Waals surface area contributed by atoms with E-state index in [9.17, 15) is 4.79 Å². The molecule has 88 valence electrons. The van der Waals surface area contributed by atoms with Crippen LogP contribution in [-0.2, 0) is 11.2 Å². The molecule has 0 aliphatic heterocycles. The zero-order valence-corrected chi connectivity index (χ0v) is 10.4. The maximum absolute atomic E-state index is 10.5. The molecule has 0 unspecified atom stereocenters. The Balaban J connectivity index is 2.65. The Morgan fingerprint density at radius 2 is 2.00 bits per heavy atom. The fourth-order valence-corrected chi connectivity index (χ4v) is 1.89. The van der Waals surface area contributed by atoms with Crippen molar-refractivity contribution < 1.29 is 9.90 Å². The number of aliphatic carboxylic acids is 1. The van der Waals surface area contributed by atoms with Crippen LogP contribution in [-0.4, -0.2) is 11.1 Å². The first-order valence-corrected chi connectivity index (χ1v) is 5.74. The van der Waals surface area contributed by atoms with E-state index in [1.54, 1.807) is 0 Å².